The van der Waals surface area contributed by atoms with Gasteiger partial charge >= 0.3 is 5.97 Å². The molecule has 0 aromatic heterocycles. The van der Waals surface area contributed by atoms with Crippen LogP contribution in [0.3, 0.4) is 0 Å². The van der Waals surface area contributed by atoms with E-state index in [2.05, 4.69) is 26.1 Å². The van der Waals surface area contributed by atoms with Crippen LogP contribution in [-0.2, 0) is 11.3 Å². The third-order valence-corrected chi connectivity index (χ3v) is 6.18. The molecule has 31 heavy (non-hydrogen) atoms. The third kappa shape index (κ3) is 7.06. The molecule has 3 rings (SSSR count). The Kier molecular flexibility index (Phi) is 7.71. The standard InChI is InChI=1S/C26H34FNO3/c1-26(2,3)21-7-9-23(10-8-21)31-24-15-20(14-22(27)16-24)19-6-4-5-18(13-19)17-28-12-11-25(29)30/h4-6,13-16,21,23,28H,7-12,17H2,1-3H3,(H,29,30)/t21-,23-. The van der Waals surface area contributed by atoms with Crippen LogP contribution < -0.4 is 10.1 Å². The minimum atomic E-state index is -0.819. The quantitative estimate of drug-likeness (QED) is 0.504. The van der Waals surface area contributed by atoms with Crippen molar-refractivity contribution in [2.24, 2.45) is 11.3 Å². The van der Waals surface area contributed by atoms with Gasteiger partial charge in [0.25, 0.3) is 0 Å². The monoisotopic (exact) mass is 427 g/mol. The van der Waals surface area contributed by atoms with Gasteiger partial charge in [0.2, 0.25) is 0 Å². The van der Waals surface area contributed by atoms with Gasteiger partial charge in [-0.1, -0.05) is 39.0 Å². The molecule has 4 nitrogen and oxygen atoms in total. The van der Waals surface area contributed by atoms with E-state index in [1.807, 2.05) is 30.3 Å². The van der Waals surface area contributed by atoms with Crippen molar-refractivity contribution in [2.45, 2.75) is 65.5 Å². The van der Waals surface area contributed by atoms with Gasteiger partial charge in [0.1, 0.15) is 11.6 Å². The number of hydrogen-bond donors (Lipinski definition) is 2. The Morgan fingerprint density at radius 3 is 2.52 bits per heavy atom. The van der Waals surface area contributed by atoms with E-state index in [0.29, 0.717) is 30.2 Å². The molecule has 0 spiro atoms. The van der Waals surface area contributed by atoms with E-state index < -0.39 is 5.97 Å². The van der Waals surface area contributed by atoms with Crippen LogP contribution in [0, 0.1) is 17.2 Å². The summed E-state index contributed by atoms with van der Waals surface area (Å²) in [6, 6.07) is 12.8. The second-order valence-electron chi connectivity index (χ2n) is 9.65. The second kappa shape index (κ2) is 10.3. The highest BCUT2D eigenvalue weighted by molar-refractivity contribution is 5.67. The van der Waals surface area contributed by atoms with E-state index in [0.717, 1.165) is 42.4 Å². The molecule has 2 N–H and O–H groups in total. The largest absolute Gasteiger partial charge is 0.490 e. The van der Waals surface area contributed by atoms with Crippen LogP contribution in [0.5, 0.6) is 5.75 Å². The second-order valence-corrected chi connectivity index (χ2v) is 9.65. The number of benzene rings is 2. The number of carboxylic acid groups (broad SMARTS) is 1. The maximum absolute atomic E-state index is 14.4. The molecule has 1 aliphatic rings. The lowest BCUT2D eigenvalue weighted by Gasteiger charge is -2.37. The minimum Gasteiger partial charge on any atom is -0.490 e. The van der Waals surface area contributed by atoms with E-state index in [1.165, 1.54) is 12.1 Å². The highest BCUT2D eigenvalue weighted by atomic mass is 19.1. The summed E-state index contributed by atoms with van der Waals surface area (Å²) in [5.41, 5.74) is 3.05. The number of carbonyl (C=O) groups is 1. The van der Waals surface area contributed by atoms with Crippen LogP contribution in [0.1, 0.15) is 58.4 Å². The van der Waals surface area contributed by atoms with Gasteiger partial charge in [-0.2, -0.15) is 0 Å². The molecule has 2 aromatic rings. The van der Waals surface area contributed by atoms with Crippen LogP contribution in [0.15, 0.2) is 42.5 Å². The van der Waals surface area contributed by atoms with Crippen LogP contribution in [0.25, 0.3) is 11.1 Å². The first-order chi connectivity index (χ1) is 14.7. The molecule has 0 aliphatic heterocycles. The zero-order chi connectivity index (χ0) is 22.4. The third-order valence-electron chi connectivity index (χ3n) is 6.18. The summed E-state index contributed by atoms with van der Waals surface area (Å²) in [7, 11) is 0. The summed E-state index contributed by atoms with van der Waals surface area (Å²) in [5.74, 6) is 0.169. The Balaban J connectivity index is 1.65. The van der Waals surface area contributed by atoms with Crippen molar-refractivity contribution in [3.05, 3.63) is 53.8 Å². The Bertz CT molecular complexity index is 882. The molecule has 0 radical (unpaired) electrons. The average molecular weight is 428 g/mol. The van der Waals surface area contributed by atoms with Gasteiger partial charge in [-0.25, -0.2) is 4.39 Å². The molecule has 0 heterocycles. The van der Waals surface area contributed by atoms with Gasteiger partial charge in [0.05, 0.1) is 12.5 Å². The fraction of sp³-hybridized carbons (Fsp3) is 0.500. The summed E-state index contributed by atoms with van der Waals surface area (Å²) in [5, 5.41) is 11.9. The maximum atomic E-state index is 14.4. The molecule has 0 bridgehead atoms. The lowest BCUT2D eigenvalue weighted by atomic mass is 9.72. The molecule has 0 unspecified atom stereocenters. The first-order valence-corrected chi connectivity index (χ1v) is 11.2. The van der Waals surface area contributed by atoms with E-state index >= 15 is 0 Å². The summed E-state index contributed by atoms with van der Waals surface area (Å²) < 4.78 is 20.5. The molecule has 0 atom stereocenters. The van der Waals surface area contributed by atoms with E-state index in [-0.39, 0.29) is 18.3 Å². The number of ether oxygens (including phenoxy) is 1. The molecule has 5 heteroatoms. The topological polar surface area (TPSA) is 58.6 Å². The maximum Gasteiger partial charge on any atom is 0.304 e. The van der Waals surface area contributed by atoms with Crippen molar-refractivity contribution < 1.29 is 19.0 Å². The van der Waals surface area contributed by atoms with Crippen molar-refractivity contribution in [3.8, 4) is 16.9 Å². The van der Waals surface area contributed by atoms with Gasteiger partial charge in [-0.05, 0) is 71.9 Å². The Morgan fingerprint density at radius 2 is 1.84 bits per heavy atom. The van der Waals surface area contributed by atoms with Gasteiger partial charge < -0.3 is 15.2 Å². The smallest absolute Gasteiger partial charge is 0.304 e. The fourth-order valence-electron chi connectivity index (χ4n) is 4.33. The normalized spacial score (nSPS) is 19.2. The van der Waals surface area contributed by atoms with E-state index in [4.69, 9.17) is 9.84 Å². The van der Waals surface area contributed by atoms with Crippen molar-refractivity contribution in [3.63, 3.8) is 0 Å². The van der Waals surface area contributed by atoms with Crippen LogP contribution >= 0.6 is 0 Å². The highest BCUT2D eigenvalue weighted by Crippen LogP contribution is 2.39. The lowest BCUT2D eigenvalue weighted by molar-refractivity contribution is -0.136. The summed E-state index contributed by atoms with van der Waals surface area (Å²) in [6.45, 7) is 7.88. The first kappa shape index (κ1) is 23.3. The van der Waals surface area contributed by atoms with Crippen LogP contribution in [-0.4, -0.2) is 23.7 Å². The number of nitrogens with one attached hydrogen (secondary N) is 1. The zero-order valence-electron chi connectivity index (χ0n) is 18.8. The molecule has 1 saturated carbocycles. The molecule has 168 valence electrons. The summed E-state index contributed by atoms with van der Waals surface area (Å²) in [6.07, 6.45) is 4.52. The van der Waals surface area contributed by atoms with Crippen molar-refractivity contribution in [1.82, 2.24) is 5.32 Å². The van der Waals surface area contributed by atoms with Crippen LogP contribution in [0.2, 0.25) is 0 Å². The van der Waals surface area contributed by atoms with Gasteiger partial charge in [-0.3, -0.25) is 4.79 Å². The average Bonchev–Trinajstić information content (AvgIpc) is 2.71. The molecule has 2 aromatic carbocycles. The number of halogens is 1. The number of aliphatic carboxylic acids is 1. The molecule has 1 fully saturated rings. The molecular formula is C26H34FNO3. The molecule has 0 amide bonds. The van der Waals surface area contributed by atoms with E-state index in [1.54, 1.807) is 0 Å². The van der Waals surface area contributed by atoms with Crippen LogP contribution in [0.4, 0.5) is 4.39 Å². The van der Waals surface area contributed by atoms with Gasteiger partial charge in [0, 0.05) is 19.2 Å². The minimum absolute atomic E-state index is 0.0853. The SMILES string of the molecule is CC(C)(C)[C@H]1CC[C@H](Oc2cc(F)cc(-c3cccc(CNCCC(=O)O)c3)c2)CC1. The predicted molar refractivity (Wildman–Crippen MR) is 122 cm³/mol. The number of carboxylic acids is 1. The van der Waals surface area contributed by atoms with Crippen molar-refractivity contribution >= 4 is 5.97 Å². The lowest BCUT2D eigenvalue weighted by Crippen LogP contribution is -2.30. The fourth-order valence-corrected chi connectivity index (χ4v) is 4.33. The number of rotatable bonds is 8. The number of hydrogen-bond acceptors (Lipinski definition) is 3. The molecule has 0 saturated heterocycles. The summed E-state index contributed by atoms with van der Waals surface area (Å²) >= 11 is 0. The summed E-state index contributed by atoms with van der Waals surface area (Å²) in [4.78, 5) is 10.6. The molecular weight excluding hydrogens is 393 g/mol. The highest BCUT2D eigenvalue weighted by Gasteiger charge is 2.30. The Morgan fingerprint density at radius 1 is 1.10 bits per heavy atom. The Labute approximate surface area is 184 Å². The first-order valence-electron chi connectivity index (χ1n) is 11.2. The van der Waals surface area contributed by atoms with Crippen molar-refractivity contribution in [1.29, 1.82) is 0 Å². The van der Waals surface area contributed by atoms with Gasteiger partial charge in [-0.15, -0.1) is 0 Å². The molecule has 1 aliphatic carbocycles. The van der Waals surface area contributed by atoms with Gasteiger partial charge in [0.15, 0.2) is 0 Å². The predicted octanol–water partition coefficient (Wildman–Crippen LogP) is 6.04. The zero-order valence-corrected chi connectivity index (χ0v) is 18.8. The van der Waals surface area contributed by atoms with E-state index in [9.17, 15) is 9.18 Å². The Hall–Kier alpha value is -2.40. The van der Waals surface area contributed by atoms with Crippen molar-refractivity contribution in [2.75, 3.05) is 6.54 Å².